The summed E-state index contributed by atoms with van der Waals surface area (Å²) in [5, 5.41) is 3.05. The highest BCUT2D eigenvalue weighted by atomic mass is 32.2. The minimum absolute atomic E-state index is 0.000151. The maximum absolute atomic E-state index is 12.9. The third-order valence-electron chi connectivity index (χ3n) is 4.31. The van der Waals surface area contributed by atoms with Gasteiger partial charge in [0, 0.05) is 12.6 Å². The molecule has 6 nitrogen and oxygen atoms in total. The summed E-state index contributed by atoms with van der Waals surface area (Å²) in [5.74, 6) is -0.324. The van der Waals surface area contributed by atoms with Crippen LogP contribution in [0.2, 0.25) is 0 Å². The molecule has 0 aliphatic carbocycles. The molecule has 0 saturated carbocycles. The molecule has 28 heavy (non-hydrogen) atoms. The number of rotatable bonds is 7. The molecule has 2 aromatic rings. The number of nitrogens with one attached hydrogen (secondary N) is 1. The molecule has 0 aromatic heterocycles. The topological polar surface area (TPSA) is 75.7 Å². The van der Waals surface area contributed by atoms with Crippen molar-refractivity contribution in [2.24, 2.45) is 5.41 Å². The summed E-state index contributed by atoms with van der Waals surface area (Å²) < 4.78 is 25.6. The van der Waals surface area contributed by atoms with E-state index in [2.05, 4.69) is 26.1 Å². The summed E-state index contributed by atoms with van der Waals surface area (Å²) in [6.45, 7) is 6.34. The number of sulfonamides is 1. The zero-order valence-corrected chi connectivity index (χ0v) is 17.8. The van der Waals surface area contributed by atoms with Crippen LogP contribution in [0.15, 0.2) is 59.5 Å². The molecule has 0 aliphatic heterocycles. The Morgan fingerprint density at radius 2 is 1.75 bits per heavy atom. The van der Waals surface area contributed by atoms with Gasteiger partial charge < -0.3 is 5.32 Å². The Labute approximate surface area is 167 Å². The predicted octanol–water partition coefficient (Wildman–Crippen LogP) is 3.78. The molecule has 2 aromatic carbocycles. The van der Waals surface area contributed by atoms with Crippen molar-refractivity contribution in [3.05, 3.63) is 65.7 Å². The fourth-order valence-corrected chi connectivity index (χ4v) is 3.86. The number of hydrogen-bond acceptors (Lipinski definition) is 4. The molecule has 2 rings (SSSR count). The minimum Gasteiger partial charge on any atom is -0.345 e. The molecule has 0 saturated heterocycles. The molecule has 0 heterocycles. The van der Waals surface area contributed by atoms with E-state index in [9.17, 15) is 13.2 Å². The molecule has 0 fully saturated rings. The molecule has 1 atom stereocenters. The number of amides is 1. The first kappa shape index (κ1) is 22.1. The lowest BCUT2D eigenvalue weighted by molar-refractivity contribution is -0.0258. The molecule has 0 radical (unpaired) electrons. The first-order valence-corrected chi connectivity index (χ1v) is 10.5. The van der Waals surface area contributed by atoms with E-state index in [1.807, 2.05) is 30.3 Å². The summed E-state index contributed by atoms with van der Waals surface area (Å²) in [6.07, 6.45) is 0.743. The van der Waals surface area contributed by atoms with Crippen LogP contribution in [0.4, 0.5) is 0 Å². The van der Waals surface area contributed by atoms with Crippen LogP contribution in [-0.2, 0) is 14.9 Å². The highest BCUT2D eigenvalue weighted by Gasteiger charge is 2.25. The van der Waals surface area contributed by atoms with Gasteiger partial charge in [-0.25, -0.2) is 8.42 Å². The second kappa shape index (κ2) is 8.86. The van der Waals surface area contributed by atoms with Gasteiger partial charge in [0.25, 0.3) is 15.9 Å². The molecular weight excluding hydrogens is 376 g/mol. The van der Waals surface area contributed by atoms with Crippen LogP contribution in [0.1, 0.15) is 49.2 Å². The molecule has 0 bridgehead atoms. The molecule has 0 aliphatic rings. The second-order valence-electron chi connectivity index (χ2n) is 7.83. The van der Waals surface area contributed by atoms with E-state index in [1.54, 1.807) is 12.1 Å². The molecule has 1 amide bonds. The van der Waals surface area contributed by atoms with Crippen molar-refractivity contribution >= 4 is 15.9 Å². The Balaban J connectivity index is 2.30. The normalized spacial score (nSPS) is 13.4. The monoisotopic (exact) mass is 404 g/mol. The lowest BCUT2D eigenvalue weighted by Crippen LogP contribution is -2.31. The summed E-state index contributed by atoms with van der Waals surface area (Å²) in [7, 11) is -1.25. The zero-order chi connectivity index (χ0) is 20.9. The van der Waals surface area contributed by atoms with E-state index in [-0.39, 0.29) is 27.8 Å². The van der Waals surface area contributed by atoms with Crippen LogP contribution >= 0.6 is 0 Å². The summed E-state index contributed by atoms with van der Waals surface area (Å²) in [6, 6.07) is 15.5. The Bertz CT molecular complexity index is 906. The predicted molar refractivity (Wildman–Crippen MR) is 109 cm³/mol. The average molecular weight is 405 g/mol. The van der Waals surface area contributed by atoms with Crippen LogP contribution in [0.3, 0.4) is 0 Å². The van der Waals surface area contributed by atoms with E-state index in [1.165, 1.54) is 26.3 Å². The van der Waals surface area contributed by atoms with Crippen molar-refractivity contribution in [1.82, 2.24) is 9.79 Å². The number of nitrogens with zero attached hydrogens (tertiary/aromatic N) is 1. The summed E-state index contributed by atoms with van der Waals surface area (Å²) >= 11 is 0. The SMILES string of the molecule is CON(C)S(=O)(=O)c1cccc(C(=O)NC(CC(C)(C)C)c2ccccc2)c1. The first-order chi connectivity index (χ1) is 13.0. The fraction of sp³-hybridized carbons (Fsp3) is 0.381. The van der Waals surface area contributed by atoms with Crippen molar-refractivity contribution < 1.29 is 18.0 Å². The average Bonchev–Trinajstić information content (AvgIpc) is 2.66. The van der Waals surface area contributed by atoms with Crippen LogP contribution in [0.5, 0.6) is 0 Å². The number of carbonyl (C=O) groups excluding carboxylic acids is 1. The van der Waals surface area contributed by atoms with E-state index >= 15 is 0 Å². The van der Waals surface area contributed by atoms with Crippen LogP contribution < -0.4 is 5.32 Å². The molecular formula is C21H28N2O4S. The van der Waals surface area contributed by atoms with Gasteiger partial charge in [0.1, 0.15) is 0 Å². The molecule has 7 heteroatoms. The lowest BCUT2D eigenvalue weighted by atomic mass is 9.85. The Morgan fingerprint density at radius 1 is 1.11 bits per heavy atom. The number of benzene rings is 2. The fourth-order valence-electron chi connectivity index (χ4n) is 2.84. The largest absolute Gasteiger partial charge is 0.345 e. The van der Waals surface area contributed by atoms with E-state index in [0.717, 1.165) is 16.5 Å². The van der Waals surface area contributed by atoms with Crippen LogP contribution in [-0.4, -0.2) is 33.0 Å². The van der Waals surface area contributed by atoms with Gasteiger partial charge in [0.2, 0.25) is 0 Å². The van der Waals surface area contributed by atoms with Gasteiger partial charge in [0.15, 0.2) is 0 Å². The quantitative estimate of drug-likeness (QED) is 0.713. The Kier molecular flexibility index (Phi) is 6.98. The van der Waals surface area contributed by atoms with Crippen molar-refractivity contribution in [2.75, 3.05) is 14.2 Å². The number of hydrogen-bond donors (Lipinski definition) is 1. The zero-order valence-electron chi connectivity index (χ0n) is 17.0. The van der Waals surface area contributed by atoms with Crippen molar-refractivity contribution in [3.8, 4) is 0 Å². The standard InChI is InChI=1S/C21H28N2O4S/c1-21(2,3)15-19(16-10-7-6-8-11-16)22-20(24)17-12-9-13-18(14-17)28(25,26)23(4)27-5/h6-14,19H,15H2,1-5H3,(H,22,24). The van der Waals surface area contributed by atoms with Gasteiger partial charge in [-0.2, -0.15) is 0 Å². The van der Waals surface area contributed by atoms with Crippen molar-refractivity contribution in [2.45, 2.75) is 38.1 Å². The molecule has 1 unspecified atom stereocenters. The van der Waals surface area contributed by atoms with E-state index in [0.29, 0.717) is 0 Å². The van der Waals surface area contributed by atoms with Crippen LogP contribution in [0.25, 0.3) is 0 Å². The third kappa shape index (κ3) is 5.64. The smallest absolute Gasteiger partial charge is 0.264 e. The lowest BCUT2D eigenvalue weighted by Gasteiger charge is -2.27. The Morgan fingerprint density at radius 3 is 2.32 bits per heavy atom. The highest BCUT2D eigenvalue weighted by molar-refractivity contribution is 7.89. The van der Waals surface area contributed by atoms with Gasteiger partial charge in [-0.05, 0) is 35.6 Å². The number of hydroxylamine groups is 1. The Hall–Kier alpha value is -2.22. The van der Waals surface area contributed by atoms with Crippen molar-refractivity contribution in [3.63, 3.8) is 0 Å². The summed E-state index contributed by atoms with van der Waals surface area (Å²) in [4.78, 5) is 17.7. The molecule has 0 spiro atoms. The van der Waals surface area contributed by atoms with Gasteiger partial charge >= 0.3 is 0 Å². The second-order valence-corrected chi connectivity index (χ2v) is 9.76. The van der Waals surface area contributed by atoms with Gasteiger partial charge in [0.05, 0.1) is 18.0 Å². The molecule has 1 N–H and O–H groups in total. The first-order valence-electron chi connectivity index (χ1n) is 9.03. The van der Waals surface area contributed by atoms with Gasteiger partial charge in [-0.3, -0.25) is 9.63 Å². The molecule has 152 valence electrons. The maximum Gasteiger partial charge on any atom is 0.264 e. The van der Waals surface area contributed by atoms with Crippen molar-refractivity contribution in [1.29, 1.82) is 0 Å². The minimum atomic E-state index is -3.82. The third-order valence-corrected chi connectivity index (χ3v) is 5.99. The van der Waals surface area contributed by atoms with Crippen LogP contribution in [0, 0.1) is 5.41 Å². The van der Waals surface area contributed by atoms with E-state index < -0.39 is 10.0 Å². The maximum atomic E-state index is 12.9. The van der Waals surface area contributed by atoms with E-state index in [4.69, 9.17) is 4.84 Å². The highest BCUT2D eigenvalue weighted by Crippen LogP contribution is 2.29. The summed E-state index contributed by atoms with van der Waals surface area (Å²) in [5.41, 5.74) is 1.29. The number of carbonyl (C=O) groups is 1. The van der Waals surface area contributed by atoms with Gasteiger partial charge in [-0.1, -0.05) is 61.6 Å². The van der Waals surface area contributed by atoms with Gasteiger partial charge in [-0.15, -0.1) is 0 Å².